The average molecular weight is 410 g/mol. The number of fused-ring (bicyclic) bond motifs is 1. The van der Waals surface area contributed by atoms with E-state index in [0.29, 0.717) is 23.2 Å². The lowest BCUT2D eigenvalue weighted by molar-refractivity contribution is -0.991. The fourth-order valence-electron chi connectivity index (χ4n) is 4.70. The van der Waals surface area contributed by atoms with Crippen molar-refractivity contribution in [2.75, 3.05) is 6.54 Å². The Kier molecular flexibility index (Phi) is 5.34. The van der Waals surface area contributed by atoms with Crippen molar-refractivity contribution in [2.45, 2.75) is 51.1 Å². The fraction of sp³-hybridized carbons (Fsp3) is 0.476. The summed E-state index contributed by atoms with van der Waals surface area (Å²) < 4.78 is 5.68. The van der Waals surface area contributed by atoms with E-state index in [0.717, 1.165) is 30.9 Å². The first kappa shape index (κ1) is 19.4. The minimum atomic E-state index is -0.974. The maximum atomic E-state index is 11.3. The first-order valence-corrected chi connectivity index (χ1v) is 10.6. The Balaban J connectivity index is 1.41. The molecule has 3 N–H and O–H groups in total. The zero-order valence-corrected chi connectivity index (χ0v) is 16.8. The molecule has 0 spiro atoms. The van der Waals surface area contributed by atoms with Gasteiger partial charge in [-0.3, -0.25) is 4.90 Å². The minimum Gasteiger partial charge on any atom is -0.595 e. The highest BCUT2D eigenvalue weighted by atomic mass is 16.8. The van der Waals surface area contributed by atoms with Gasteiger partial charge in [-0.25, -0.2) is 10.2 Å². The molecule has 2 aromatic heterocycles. The summed E-state index contributed by atoms with van der Waals surface area (Å²) in [7, 11) is 0. The lowest BCUT2D eigenvalue weighted by Gasteiger charge is -2.36. The van der Waals surface area contributed by atoms with E-state index < -0.39 is 5.23 Å². The van der Waals surface area contributed by atoms with E-state index in [1.807, 2.05) is 0 Å². The van der Waals surface area contributed by atoms with Gasteiger partial charge in [-0.1, -0.05) is 36.6 Å². The van der Waals surface area contributed by atoms with E-state index in [9.17, 15) is 10.4 Å². The molecule has 30 heavy (non-hydrogen) atoms. The third-order valence-corrected chi connectivity index (χ3v) is 6.31. The molecule has 0 radical (unpaired) electrons. The van der Waals surface area contributed by atoms with Crippen LogP contribution >= 0.6 is 0 Å². The third-order valence-electron chi connectivity index (χ3n) is 6.31. The average Bonchev–Trinajstić information content (AvgIpc) is 3.43. The van der Waals surface area contributed by atoms with Gasteiger partial charge in [-0.2, -0.15) is 10.2 Å². The Morgan fingerprint density at radius 1 is 1.27 bits per heavy atom. The monoisotopic (exact) mass is 410 g/mol. The molecule has 9 nitrogen and oxygen atoms in total. The van der Waals surface area contributed by atoms with Crippen LogP contribution in [0.3, 0.4) is 0 Å². The standard InChI is InChI=1S/C21H26N6O3/c28-27(29)16-8-4-7-15(9-16)20-24-21(30-25-20)19-10-17-18(23-13-22-17)12-26(19)11-14-5-2-1-3-6-14/h4,7-9,13-14,19,27-28H,1-3,5-6,10-12H2,(H,22,23)/t19-/m0/s1. The molecule has 1 aliphatic carbocycles. The Bertz CT molecular complexity index is 994. The zero-order valence-electron chi connectivity index (χ0n) is 16.8. The molecular formula is C21H26N6O3. The largest absolute Gasteiger partial charge is 0.595 e. The maximum absolute atomic E-state index is 11.3. The van der Waals surface area contributed by atoms with Crippen molar-refractivity contribution in [1.82, 2.24) is 25.0 Å². The number of benzene rings is 1. The van der Waals surface area contributed by atoms with Crippen molar-refractivity contribution < 1.29 is 15.0 Å². The molecule has 1 aromatic carbocycles. The number of H-pyrrole nitrogens is 1. The van der Waals surface area contributed by atoms with E-state index in [-0.39, 0.29) is 11.7 Å². The molecular weight excluding hydrogens is 384 g/mol. The number of hydrogen-bond donors (Lipinski definition) is 3. The first-order chi connectivity index (χ1) is 14.7. The van der Waals surface area contributed by atoms with Crippen LogP contribution in [0, 0.1) is 11.1 Å². The van der Waals surface area contributed by atoms with Crippen LogP contribution in [0.5, 0.6) is 0 Å². The lowest BCUT2D eigenvalue weighted by atomic mass is 9.88. The normalized spacial score (nSPS) is 21.5. The molecule has 0 bridgehead atoms. The SMILES string of the molecule is [O-][NH+](O)c1cccc(-c2noc([C@@H]3Cc4nc[nH]c4CN3CC3CCCCC3)n2)c1. The van der Waals surface area contributed by atoms with Gasteiger partial charge in [0.25, 0.3) is 0 Å². The van der Waals surface area contributed by atoms with Crippen LogP contribution in [0.1, 0.15) is 55.4 Å². The van der Waals surface area contributed by atoms with E-state index >= 15 is 0 Å². The molecule has 1 saturated carbocycles. The summed E-state index contributed by atoms with van der Waals surface area (Å²) in [5.41, 5.74) is 3.06. The number of nitrogens with one attached hydrogen (secondary N) is 2. The summed E-state index contributed by atoms with van der Waals surface area (Å²) >= 11 is 0. The maximum Gasteiger partial charge on any atom is 0.244 e. The van der Waals surface area contributed by atoms with Gasteiger partial charge in [-0.15, -0.1) is 0 Å². The molecule has 2 aliphatic rings. The van der Waals surface area contributed by atoms with E-state index in [2.05, 4.69) is 25.0 Å². The van der Waals surface area contributed by atoms with Gasteiger partial charge in [-0.05, 0) is 18.8 Å². The number of hydrogen-bond acceptors (Lipinski definition) is 7. The van der Waals surface area contributed by atoms with Gasteiger partial charge >= 0.3 is 0 Å². The van der Waals surface area contributed by atoms with Gasteiger partial charge in [0.05, 0.1) is 23.8 Å². The van der Waals surface area contributed by atoms with Crippen LogP contribution in [-0.2, 0) is 13.0 Å². The van der Waals surface area contributed by atoms with Gasteiger partial charge in [0.15, 0.2) is 5.69 Å². The number of aromatic nitrogens is 4. The minimum absolute atomic E-state index is 0.0216. The molecule has 0 amide bonds. The Hall–Kier alpha value is -2.59. The van der Waals surface area contributed by atoms with Gasteiger partial charge in [0.2, 0.25) is 11.7 Å². The summed E-state index contributed by atoms with van der Waals surface area (Å²) in [6.07, 6.45) is 8.98. The van der Waals surface area contributed by atoms with Crippen LogP contribution in [0.2, 0.25) is 0 Å². The predicted octanol–water partition coefficient (Wildman–Crippen LogP) is 2.54. The molecule has 1 aliphatic heterocycles. The molecule has 1 unspecified atom stereocenters. The molecule has 2 atom stereocenters. The second-order valence-electron chi connectivity index (χ2n) is 8.32. The molecule has 0 saturated heterocycles. The highest BCUT2D eigenvalue weighted by molar-refractivity contribution is 5.58. The first-order valence-electron chi connectivity index (χ1n) is 10.6. The van der Waals surface area contributed by atoms with E-state index in [1.54, 1.807) is 30.6 Å². The smallest absolute Gasteiger partial charge is 0.244 e. The molecule has 5 rings (SSSR count). The van der Waals surface area contributed by atoms with Crippen molar-refractivity contribution in [1.29, 1.82) is 0 Å². The van der Waals surface area contributed by atoms with Crippen LogP contribution in [0.25, 0.3) is 11.4 Å². The Morgan fingerprint density at radius 2 is 2.13 bits per heavy atom. The van der Waals surface area contributed by atoms with Gasteiger partial charge in [0, 0.05) is 37.2 Å². The summed E-state index contributed by atoms with van der Waals surface area (Å²) in [6.45, 7) is 1.80. The van der Waals surface area contributed by atoms with Crippen molar-refractivity contribution in [3.05, 3.63) is 53.1 Å². The zero-order chi connectivity index (χ0) is 20.5. The number of aromatic amines is 1. The summed E-state index contributed by atoms with van der Waals surface area (Å²) in [5.74, 6) is 1.68. The summed E-state index contributed by atoms with van der Waals surface area (Å²) in [5, 5.41) is 23.7. The molecule has 3 aromatic rings. The third kappa shape index (κ3) is 3.89. The van der Waals surface area contributed by atoms with Crippen molar-refractivity contribution in [3.63, 3.8) is 0 Å². The summed E-state index contributed by atoms with van der Waals surface area (Å²) in [6, 6.07) is 6.60. The molecule has 3 heterocycles. The second-order valence-corrected chi connectivity index (χ2v) is 8.32. The Morgan fingerprint density at radius 3 is 2.97 bits per heavy atom. The second kappa shape index (κ2) is 8.27. The van der Waals surface area contributed by atoms with Crippen LogP contribution < -0.4 is 5.23 Å². The predicted molar refractivity (Wildman–Crippen MR) is 108 cm³/mol. The van der Waals surface area contributed by atoms with Crippen molar-refractivity contribution >= 4 is 5.69 Å². The quantitative estimate of drug-likeness (QED) is 0.553. The lowest BCUT2D eigenvalue weighted by Crippen LogP contribution is -2.99. The topological polar surface area (TPSA) is 119 Å². The summed E-state index contributed by atoms with van der Waals surface area (Å²) in [4.78, 5) is 14.8. The van der Waals surface area contributed by atoms with Crippen LogP contribution in [0.4, 0.5) is 5.69 Å². The number of rotatable bonds is 5. The van der Waals surface area contributed by atoms with Crippen molar-refractivity contribution in [2.24, 2.45) is 5.92 Å². The van der Waals surface area contributed by atoms with E-state index in [1.165, 1.54) is 32.1 Å². The van der Waals surface area contributed by atoms with Gasteiger partial charge < -0.3 is 14.7 Å². The number of nitrogens with zero attached hydrogens (tertiary/aromatic N) is 4. The molecule has 1 fully saturated rings. The number of imidazole rings is 1. The van der Waals surface area contributed by atoms with Gasteiger partial charge in [0.1, 0.15) is 0 Å². The fourth-order valence-corrected chi connectivity index (χ4v) is 4.70. The van der Waals surface area contributed by atoms with Crippen LogP contribution in [-0.4, -0.2) is 36.8 Å². The molecule has 9 heteroatoms. The Labute approximate surface area is 174 Å². The van der Waals surface area contributed by atoms with Crippen LogP contribution in [0.15, 0.2) is 35.1 Å². The van der Waals surface area contributed by atoms with E-state index in [4.69, 9.17) is 4.52 Å². The number of quaternary nitrogens is 1. The van der Waals surface area contributed by atoms with Crippen molar-refractivity contribution in [3.8, 4) is 11.4 Å². The molecule has 158 valence electrons. The highest BCUT2D eigenvalue weighted by Gasteiger charge is 2.34. The highest BCUT2D eigenvalue weighted by Crippen LogP contribution is 2.35.